The minimum atomic E-state index is -0.140. The highest BCUT2D eigenvalue weighted by atomic mass is 16.1. The van der Waals surface area contributed by atoms with Crippen LogP contribution in [0.3, 0.4) is 0 Å². The zero-order chi connectivity index (χ0) is 27.9. The third-order valence-corrected chi connectivity index (χ3v) is 7.25. The van der Waals surface area contributed by atoms with Crippen LogP contribution < -0.4 is 5.32 Å². The summed E-state index contributed by atoms with van der Waals surface area (Å²) in [5, 5.41) is 11.8. The lowest BCUT2D eigenvalue weighted by molar-refractivity contribution is 0.102. The van der Waals surface area contributed by atoms with Crippen LogP contribution in [0.4, 0.5) is 5.69 Å². The Morgan fingerprint density at radius 2 is 1.56 bits per heavy atom. The minimum Gasteiger partial charge on any atom is -0.335 e. The quantitative estimate of drug-likeness (QED) is 0.211. The Hall–Kier alpha value is -5.56. The number of nitrogens with zero attached hydrogens (tertiary/aromatic N) is 3. The van der Waals surface area contributed by atoms with E-state index in [1.54, 1.807) is 18.3 Å². The molecule has 0 fully saturated rings. The molecule has 7 aromatic rings. The molecule has 0 aliphatic carbocycles. The summed E-state index contributed by atoms with van der Waals surface area (Å²) in [6.45, 7) is 4.10. The van der Waals surface area contributed by atoms with E-state index in [-0.39, 0.29) is 5.91 Å². The molecule has 198 valence electrons. The fourth-order valence-electron chi connectivity index (χ4n) is 5.18. The summed E-state index contributed by atoms with van der Waals surface area (Å²) in [4.78, 5) is 25.6. The molecule has 7 rings (SSSR count). The number of hydrogen-bond donors (Lipinski definition) is 3. The van der Waals surface area contributed by atoms with Gasteiger partial charge in [-0.25, -0.2) is 4.98 Å². The van der Waals surface area contributed by atoms with Gasteiger partial charge >= 0.3 is 0 Å². The van der Waals surface area contributed by atoms with E-state index in [1.807, 2.05) is 49.5 Å². The second-order valence-corrected chi connectivity index (χ2v) is 10.3. The maximum absolute atomic E-state index is 12.8. The summed E-state index contributed by atoms with van der Waals surface area (Å²) < 4.78 is 0. The van der Waals surface area contributed by atoms with Crippen molar-refractivity contribution in [1.82, 2.24) is 25.1 Å². The molecule has 0 aliphatic rings. The number of fused-ring (bicyclic) bond motifs is 2. The number of H-pyrrole nitrogens is 2. The number of aromatic amines is 2. The summed E-state index contributed by atoms with van der Waals surface area (Å²) >= 11 is 0. The van der Waals surface area contributed by atoms with Crippen molar-refractivity contribution in [3.05, 3.63) is 120 Å². The second kappa shape index (κ2) is 9.88. The molecular formula is C34H26N6O. The second-order valence-electron chi connectivity index (χ2n) is 10.3. The first-order valence-corrected chi connectivity index (χ1v) is 13.4. The fraction of sp³-hybridized carbons (Fsp3) is 0.0588. The van der Waals surface area contributed by atoms with E-state index in [0.29, 0.717) is 11.4 Å². The van der Waals surface area contributed by atoms with E-state index in [9.17, 15) is 4.79 Å². The van der Waals surface area contributed by atoms with Crippen LogP contribution >= 0.6 is 0 Å². The van der Waals surface area contributed by atoms with E-state index < -0.39 is 0 Å². The number of carbonyl (C=O) groups excluding carboxylic acids is 1. The molecule has 7 nitrogen and oxygen atoms in total. The van der Waals surface area contributed by atoms with Gasteiger partial charge in [0.15, 0.2) is 5.82 Å². The van der Waals surface area contributed by atoms with Crippen LogP contribution in [0.2, 0.25) is 0 Å². The number of nitrogens with one attached hydrogen (secondary N) is 3. The van der Waals surface area contributed by atoms with Crippen molar-refractivity contribution in [3.8, 4) is 33.8 Å². The fourth-order valence-corrected chi connectivity index (χ4v) is 5.18. The van der Waals surface area contributed by atoms with E-state index in [4.69, 9.17) is 4.98 Å². The van der Waals surface area contributed by atoms with Gasteiger partial charge in [0, 0.05) is 28.4 Å². The number of anilines is 1. The number of benzene rings is 4. The van der Waals surface area contributed by atoms with Crippen LogP contribution in [0.25, 0.3) is 55.7 Å². The van der Waals surface area contributed by atoms with Crippen molar-refractivity contribution < 1.29 is 4.79 Å². The Morgan fingerprint density at radius 1 is 0.756 bits per heavy atom. The van der Waals surface area contributed by atoms with Crippen molar-refractivity contribution in [1.29, 1.82) is 0 Å². The number of pyridine rings is 1. The van der Waals surface area contributed by atoms with Gasteiger partial charge in [0.2, 0.25) is 0 Å². The van der Waals surface area contributed by atoms with Crippen LogP contribution in [0, 0.1) is 13.8 Å². The van der Waals surface area contributed by atoms with Crippen LogP contribution in [-0.2, 0) is 0 Å². The van der Waals surface area contributed by atoms with Gasteiger partial charge in [0.05, 0.1) is 22.7 Å². The normalized spacial score (nSPS) is 11.3. The molecular weight excluding hydrogens is 508 g/mol. The smallest absolute Gasteiger partial charge is 0.255 e. The number of imidazole rings is 1. The van der Waals surface area contributed by atoms with Crippen molar-refractivity contribution in [2.75, 3.05) is 5.32 Å². The van der Waals surface area contributed by atoms with Crippen LogP contribution in [0.15, 0.2) is 103 Å². The molecule has 4 aromatic carbocycles. The molecule has 3 heterocycles. The summed E-state index contributed by atoms with van der Waals surface area (Å²) in [7, 11) is 0. The van der Waals surface area contributed by atoms with Gasteiger partial charge in [-0.05, 0) is 72.5 Å². The molecule has 0 atom stereocenters. The van der Waals surface area contributed by atoms with Gasteiger partial charge in [-0.3, -0.25) is 14.9 Å². The third-order valence-electron chi connectivity index (χ3n) is 7.25. The predicted molar refractivity (Wildman–Crippen MR) is 164 cm³/mol. The Bertz CT molecular complexity index is 2060. The highest BCUT2D eigenvalue weighted by Crippen LogP contribution is 2.34. The third kappa shape index (κ3) is 4.63. The van der Waals surface area contributed by atoms with Gasteiger partial charge in [0.25, 0.3) is 5.91 Å². The molecule has 0 bridgehead atoms. The average molecular weight is 535 g/mol. The monoisotopic (exact) mass is 534 g/mol. The molecule has 41 heavy (non-hydrogen) atoms. The van der Waals surface area contributed by atoms with Crippen molar-refractivity contribution in [3.63, 3.8) is 0 Å². The van der Waals surface area contributed by atoms with Crippen molar-refractivity contribution >= 4 is 33.5 Å². The molecule has 0 aliphatic heterocycles. The van der Waals surface area contributed by atoms with Crippen LogP contribution in [-0.4, -0.2) is 31.1 Å². The summed E-state index contributed by atoms with van der Waals surface area (Å²) in [5.41, 5.74) is 11.0. The number of hydrogen-bond acceptors (Lipinski definition) is 4. The maximum Gasteiger partial charge on any atom is 0.255 e. The Morgan fingerprint density at radius 3 is 2.39 bits per heavy atom. The van der Waals surface area contributed by atoms with Crippen molar-refractivity contribution in [2.45, 2.75) is 13.8 Å². The summed E-state index contributed by atoms with van der Waals surface area (Å²) in [5.74, 6) is 0.531. The van der Waals surface area contributed by atoms with E-state index in [0.717, 1.165) is 61.1 Å². The summed E-state index contributed by atoms with van der Waals surface area (Å²) in [6.07, 6.45) is 3.64. The maximum atomic E-state index is 12.8. The standard InChI is InChI=1S/C34H26N6O/c1-20-8-10-22(11-9-20)28-18-35-19-30-31(28)38-33(37-30)32-27-17-24(12-13-29(27)39-40-32)25-14-21(2)15-26(16-25)36-34(41)23-6-4-3-5-7-23/h3-19H,1-2H3,(H,36,41)(H,37,38)(H,39,40). The molecule has 1 amide bonds. The molecule has 0 unspecified atom stereocenters. The highest BCUT2D eigenvalue weighted by Gasteiger charge is 2.16. The van der Waals surface area contributed by atoms with Crippen molar-refractivity contribution in [2.24, 2.45) is 0 Å². The lowest BCUT2D eigenvalue weighted by Gasteiger charge is -2.10. The number of amides is 1. The lowest BCUT2D eigenvalue weighted by atomic mass is 10.0. The zero-order valence-electron chi connectivity index (χ0n) is 22.6. The highest BCUT2D eigenvalue weighted by molar-refractivity contribution is 6.05. The Labute approximate surface area is 236 Å². The first-order valence-electron chi connectivity index (χ1n) is 13.4. The SMILES string of the molecule is Cc1ccc(-c2cncc3[nH]c(-c4n[nH]c5ccc(-c6cc(C)cc(NC(=O)c7ccccc7)c6)cc45)nc23)cc1. The lowest BCUT2D eigenvalue weighted by Crippen LogP contribution is -2.11. The predicted octanol–water partition coefficient (Wildman–Crippen LogP) is 7.70. The number of carbonyl (C=O) groups is 1. The molecule has 3 aromatic heterocycles. The van der Waals surface area contributed by atoms with E-state index >= 15 is 0 Å². The molecule has 3 N–H and O–H groups in total. The molecule has 0 spiro atoms. The van der Waals surface area contributed by atoms with Crippen LogP contribution in [0.5, 0.6) is 0 Å². The number of rotatable bonds is 5. The Balaban J connectivity index is 1.26. The molecule has 0 saturated carbocycles. The van der Waals surface area contributed by atoms with Gasteiger partial charge in [-0.1, -0.05) is 60.2 Å². The van der Waals surface area contributed by atoms with E-state index in [1.165, 1.54) is 5.56 Å². The topological polar surface area (TPSA) is 99.4 Å². The molecule has 7 heteroatoms. The van der Waals surface area contributed by atoms with Gasteiger partial charge in [-0.15, -0.1) is 0 Å². The number of aromatic nitrogens is 5. The van der Waals surface area contributed by atoms with E-state index in [2.05, 4.69) is 74.9 Å². The van der Waals surface area contributed by atoms with Gasteiger partial charge in [-0.2, -0.15) is 5.10 Å². The summed E-state index contributed by atoms with van der Waals surface area (Å²) in [6, 6.07) is 29.9. The average Bonchev–Trinajstić information content (AvgIpc) is 3.61. The first kappa shape index (κ1) is 24.5. The zero-order valence-corrected chi connectivity index (χ0v) is 22.6. The molecule has 0 saturated heterocycles. The first-order chi connectivity index (χ1) is 20.0. The molecule has 0 radical (unpaired) electrons. The largest absolute Gasteiger partial charge is 0.335 e. The number of aryl methyl sites for hydroxylation is 2. The van der Waals surface area contributed by atoms with Gasteiger partial charge < -0.3 is 10.3 Å². The minimum absolute atomic E-state index is 0.140. The van der Waals surface area contributed by atoms with Gasteiger partial charge in [0.1, 0.15) is 5.69 Å². The Kier molecular flexibility index (Phi) is 5.90. The van der Waals surface area contributed by atoms with Crippen LogP contribution in [0.1, 0.15) is 21.5 Å².